The highest BCUT2D eigenvalue weighted by molar-refractivity contribution is 9.10. The fraction of sp³-hybridized carbons (Fsp3) is 0.375. The highest BCUT2D eigenvalue weighted by Crippen LogP contribution is 2.24. The number of benzene rings is 2. The van der Waals surface area contributed by atoms with E-state index in [1.54, 1.807) is 0 Å². The molecule has 0 amide bonds. The van der Waals surface area contributed by atoms with E-state index in [1.165, 1.54) is 10.8 Å². The minimum absolute atomic E-state index is 0.293. The van der Waals surface area contributed by atoms with Crippen molar-refractivity contribution in [3.8, 4) is 5.75 Å². The van der Waals surface area contributed by atoms with Crippen LogP contribution in [0.4, 0.5) is 0 Å². The zero-order valence-electron chi connectivity index (χ0n) is 10.9. The van der Waals surface area contributed by atoms with Crippen LogP contribution in [0, 0.1) is 0 Å². The van der Waals surface area contributed by atoms with Gasteiger partial charge in [-0.1, -0.05) is 34.5 Å². The van der Waals surface area contributed by atoms with E-state index in [0.29, 0.717) is 6.61 Å². The lowest BCUT2D eigenvalue weighted by Crippen LogP contribution is -1.97. The van der Waals surface area contributed by atoms with Gasteiger partial charge in [-0.2, -0.15) is 0 Å². The molecule has 0 aromatic heterocycles. The van der Waals surface area contributed by atoms with Crippen molar-refractivity contribution in [3.05, 3.63) is 40.9 Å². The van der Waals surface area contributed by atoms with Crippen molar-refractivity contribution in [3.63, 3.8) is 0 Å². The first-order valence-corrected chi connectivity index (χ1v) is 7.52. The number of hydrogen-bond donors (Lipinski definition) is 1. The fourth-order valence-electron chi connectivity index (χ4n) is 2.04. The highest BCUT2D eigenvalue weighted by atomic mass is 79.9. The lowest BCUT2D eigenvalue weighted by Gasteiger charge is -2.07. The van der Waals surface area contributed by atoms with Gasteiger partial charge in [-0.05, 0) is 54.3 Å². The van der Waals surface area contributed by atoms with E-state index < -0.39 is 0 Å². The first kappa shape index (κ1) is 14.4. The maximum Gasteiger partial charge on any atom is 0.119 e. The van der Waals surface area contributed by atoms with Gasteiger partial charge >= 0.3 is 0 Å². The molecule has 2 rings (SSSR count). The molecule has 0 fully saturated rings. The van der Waals surface area contributed by atoms with Crippen molar-refractivity contribution in [2.24, 2.45) is 0 Å². The van der Waals surface area contributed by atoms with E-state index >= 15 is 0 Å². The smallest absolute Gasteiger partial charge is 0.119 e. The van der Waals surface area contributed by atoms with Crippen LogP contribution in [0.5, 0.6) is 5.75 Å². The summed E-state index contributed by atoms with van der Waals surface area (Å²) in [7, 11) is 0. The van der Waals surface area contributed by atoms with Crippen molar-refractivity contribution in [2.45, 2.75) is 25.7 Å². The Bertz CT molecular complexity index is 525. The summed E-state index contributed by atoms with van der Waals surface area (Å²) in [6, 6.07) is 12.4. The third-order valence-corrected chi connectivity index (χ3v) is 3.59. The molecule has 0 heterocycles. The third kappa shape index (κ3) is 4.51. The Morgan fingerprint density at radius 1 is 0.895 bits per heavy atom. The van der Waals surface area contributed by atoms with E-state index in [2.05, 4.69) is 40.2 Å². The van der Waals surface area contributed by atoms with Gasteiger partial charge in [-0.3, -0.25) is 0 Å². The maximum atomic E-state index is 8.69. The second kappa shape index (κ2) is 7.51. The predicted octanol–water partition coefficient (Wildman–Crippen LogP) is 4.53. The van der Waals surface area contributed by atoms with E-state index in [9.17, 15) is 0 Å². The van der Waals surface area contributed by atoms with Gasteiger partial charge in [0.2, 0.25) is 0 Å². The number of aliphatic hydroxyl groups is 1. The van der Waals surface area contributed by atoms with E-state index in [-0.39, 0.29) is 0 Å². The number of rotatable bonds is 7. The Kier molecular flexibility index (Phi) is 5.67. The lowest BCUT2D eigenvalue weighted by atomic mass is 10.1. The van der Waals surface area contributed by atoms with Gasteiger partial charge in [0.15, 0.2) is 0 Å². The maximum absolute atomic E-state index is 8.69. The summed E-state index contributed by atoms with van der Waals surface area (Å²) in [5.41, 5.74) is 0. The molecule has 2 aromatic rings. The number of fused-ring (bicyclic) bond motifs is 1. The van der Waals surface area contributed by atoms with Gasteiger partial charge in [0.05, 0.1) is 6.61 Å². The molecule has 0 aliphatic heterocycles. The minimum Gasteiger partial charge on any atom is -0.494 e. The average molecular weight is 323 g/mol. The molecule has 3 heteroatoms. The topological polar surface area (TPSA) is 29.5 Å². The van der Waals surface area contributed by atoms with Gasteiger partial charge in [0, 0.05) is 11.1 Å². The number of unbranched alkanes of at least 4 members (excludes halogenated alkanes) is 3. The molecule has 0 bridgehead atoms. The van der Waals surface area contributed by atoms with Crippen LogP contribution in [-0.4, -0.2) is 18.3 Å². The Balaban J connectivity index is 1.86. The Labute approximate surface area is 122 Å². The molecular weight excluding hydrogens is 304 g/mol. The average Bonchev–Trinajstić information content (AvgIpc) is 2.43. The number of hydrogen-bond acceptors (Lipinski definition) is 2. The molecule has 0 radical (unpaired) electrons. The largest absolute Gasteiger partial charge is 0.494 e. The summed E-state index contributed by atoms with van der Waals surface area (Å²) in [5.74, 6) is 0.928. The Morgan fingerprint density at radius 3 is 2.47 bits per heavy atom. The van der Waals surface area contributed by atoms with Crippen molar-refractivity contribution >= 4 is 26.7 Å². The monoisotopic (exact) mass is 322 g/mol. The summed E-state index contributed by atoms with van der Waals surface area (Å²) >= 11 is 3.47. The van der Waals surface area contributed by atoms with Gasteiger partial charge in [0.1, 0.15) is 5.75 Å². The molecule has 2 nitrogen and oxygen atoms in total. The Morgan fingerprint density at radius 2 is 1.63 bits per heavy atom. The summed E-state index contributed by atoms with van der Waals surface area (Å²) in [4.78, 5) is 0. The molecule has 0 saturated carbocycles. The normalized spacial score (nSPS) is 10.8. The van der Waals surface area contributed by atoms with Gasteiger partial charge in [0.25, 0.3) is 0 Å². The van der Waals surface area contributed by atoms with Crippen LogP contribution in [0.15, 0.2) is 40.9 Å². The second-order valence-corrected chi connectivity index (χ2v) is 5.56. The molecule has 102 valence electrons. The molecule has 0 aliphatic carbocycles. The van der Waals surface area contributed by atoms with Crippen LogP contribution < -0.4 is 4.74 Å². The van der Waals surface area contributed by atoms with Crippen LogP contribution in [-0.2, 0) is 0 Å². The molecule has 0 spiro atoms. The summed E-state index contributed by atoms with van der Waals surface area (Å²) in [6.07, 6.45) is 4.12. The molecular formula is C16H19BrO2. The molecule has 0 unspecified atom stereocenters. The minimum atomic E-state index is 0.293. The lowest BCUT2D eigenvalue weighted by molar-refractivity contribution is 0.273. The van der Waals surface area contributed by atoms with E-state index in [0.717, 1.165) is 42.5 Å². The molecule has 1 N–H and O–H groups in total. The molecule has 2 aromatic carbocycles. The Hall–Kier alpha value is -1.06. The standard InChI is InChI=1S/C16H19BrO2/c17-15-7-5-14-12-16(8-6-13(14)11-15)19-10-4-2-1-3-9-18/h5-8,11-12,18H,1-4,9-10H2. The second-order valence-electron chi connectivity index (χ2n) is 4.64. The van der Waals surface area contributed by atoms with Crippen LogP contribution in [0.25, 0.3) is 10.8 Å². The van der Waals surface area contributed by atoms with E-state index in [1.807, 2.05) is 12.1 Å². The molecule has 0 aliphatic rings. The first-order chi connectivity index (χ1) is 9.29. The number of ether oxygens (including phenoxy) is 1. The third-order valence-electron chi connectivity index (χ3n) is 3.09. The molecule has 0 atom stereocenters. The van der Waals surface area contributed by atoms with E-state index in [4.69, 9.17) is 9.84 Å². The van der Waals surface area contributed by atoms with Gasteiger partial charge in [-0.25, -0.2) is 0 Å². The summed E-state index contributed by atoms with van der Waals surface area (Å²) in [6.45, 7) is 1.04. The van der Waals surface area contributed by atoms with Gasteiger partial charge < -0.3 is 9.84 Å². The van der Waals surface area contributed by atoms with Crippen molar-refractivity contribution < 1.29 is 9.84 Å². The van der Waals surface area contributed by atoms with Crippen molar-refractivity contribution in [2.75, 3.05) is 13.2 Å². The van der Waals surface area contributed by atoms with Crippen LogP contribution in [0.3, 0.4) is 0 Å². The van der Waals surface area contributed by atoms with Crippen molar-refractivity contribution in [1.29, 1.82) is 0 Å². The number of halogens is 1. The first-order valence-electron chi connectivity index (χ1n) is 6.72. The molecule has 19 heavy (non-hydrogen) atoms. The molecule has 0 saturated heterocycles. The fourth-order valence-corrected chi connectivity index (χ4v) is 2.42. The predicted molar refractivity (Wildman–Crippen MR) is 82.7 cm³/mol. The van der Waals surface area contributed by atoms with Crippen LogP contribution >= 0.6 is 15.9 Å². The number of aliphatic hydroxyl groups excluding tert-OH is 1. The highest BCUT2D eigenvalue weighted by Gasteiger charge is 1.98. The quantitative estimate of drug-likeness (QED) is 0.758. The zero-order valence-corrected chi connectivity index (χ0v) is 12.5. The SMILES string of the molecule is OCCCCCCOc1ccc2cc(Br)ccc2c1. The summed E-state index contributed by atoms with van der Waals surface area (Å²) in [5, 5.41) is 11.1. The summed E-state index contributed by atoms with van der Waals surface area (Å²) < 4.78 is 6.85. The van der Waals surface area contributed by atoms with Crippen LogP contribution in [0.2, 0.25) is 0 Å². The van der Waals surface area contributed by atoms with Crippen LogP contribution in [0.1, 0.15) is 25.7 Å². The van der Waals surface area contributed by atoms with Crippen molar-refractivity contribution in [1.82, 2.24) is 0 Å². The zero-order chi connectivity index (χ0) is 13.5. The van der Waals surface area contributed by atoms with Gasteiger partial charge in [-0.15, -0.1) is 0 Å².